The van der Waals surface area contributed by atoms with E-state index in [1.54, 1.807) is 0 Å². The van der Waals surface area contributed by atoms with Crippen LogP contribution in [0.1, 0.15) is 27.2 Å². The van der Waals surface area contributed by atoms with Gasteiger partial charge in [0.25, 0.3) is 0 Å². The maximum absolute atomic E-state index is 12.2. The number of hydrogen-bond acceptors (Lipinski definition) is 3. The van der Waals surface area contributed by atoms with Crippen molar-refractivity contribution in [3.8, 4) is 0 Å². The number of nitrogens with two attached hydrogens (primary N) is 1. The summed E-state index contributed by atoms with van der Waals surface area (Å²) in [6.07, 6.45) is 0.937. The number of amides is 1. The Morgan fingerprint density at radius 3 is 2.80 bits per heavy atom. The Morgan fingerprint density at radius 2 is 2.27 bits per heavy atom. The van der Waals surface area contributed by atoms with E-state index in [-0.39, 0.29) is 11.9 Å². The van der Waals surface area contributed by atoms with Crippen LogP contribution in [0.15, 0.2) is 0 Å². The van der Waals surface area contributed by atoms with E-state index in [0.29, 0.717) is 26.3 Å². The summed E-state index contributed by atoms with van der Waals surface area (Å²) >= 11 is 0. The minimum absolute atomic E-state index is 0.153. The normalized spacial score (nSPS) is 22.9. The van der Waals surface area contributed by atoms with Crippen LogP contribution in [0.4, 0.5) is 0 Å². The van der Waals surface area contributed by atoms with Crippen LogP contribution in [0.3, 0.4) is 0 Å². The summed E-state index contributed by atoms with van der Waals surface area (Å²) in [7, 11) is 0. The Morgan fingerprint density at radius 1 is 1.60 bits per heavy atom. The molecule has 0 aromatic heterocycles. The fourth-order valence-corrected chi connectivity index (χ4v) is 1.74. The SMILES string of the molecule is CCC1COCCN1C(=O)C(C)(C)CN. The van der Waals surface area contributed by atoms with Gasteiger partial charge in [-0.15, -0.1) is 0 Å². The van der Waals surface area contributed by atoms with Crippen LogP contribution in [0, 0.1) is 5.41 Å². The monoisotopic (exact) mass is 214 g/mol. The third-order valence-electron chi connectivity index (χ3n) is 3.05. The lowest BCUT2D eigenvalue weighted by molar-refractivity contribution is -0.148. The predicted octanol–water partition coefficient (Wildman–Crippen LogP) is 0.609. The van der Waals surface area contributed by atoms with E-state index in [1.165, 1.54) is 0 Å². The standard InChI is InChI=1S/C11H22N2O2/c1-4-9-7-15-6-5-13(9)10(14)11(2,3)8-12/h9H,4-8,12H2,1-3H3. The van der Waals surface area contributed by atoms with E-state index in [4.69, 9.17) is 10.5 Å². The van der Waals surface area contributed by atoms with Crippen molar-refractivity contribution in [2.75, 3.05) is 26.3 Å². The summed E-state index contributed by atoms with van der Waals surface area (Å²) in [5.74, 6) is 0.153. The number of morpholine rings is 1. The van der Waals surface area contributed by atoms with Gasteiger partial charge in [0.2, 0.25) is 5.91 Å². The van der Waals surface area contributed by atoms with Crippen molar-refractivity contribution < 1.29 is 9.53 Å². The average molecular weight is 214 g/mol. The van der Waals surface area contributed by atoms with Crippen LogP contribution in [-0.2, 0) is 9.53 Å². The largest absolute Gasteiger partial charge is 0.377 e. The van der Waals surface area contributed by atoms with Crippen molar-refractivity contribution in [3.05, 3.63) is 0 Å². The summed E-state index contributed by atoms with van der Waals surface area (Å²) in [4.78, 5) is 14.1. The van der Waals surface area contributed by atoms with Crippen molar-refractivity contribution in [2.45, 2.75) is 33.2 Å². The fraction of sp³-hybridized carbons (Fsp3) is 0.909. The summed E-state index contributed by atoms with van der Waals surface area (Å²) < 4.78 is 5.37. The highest BCUT2D eigenvalue weighted by molar-refractivity contribution is 5.82. The fourth-order valence-electron chi connectivity index (χ4n) is 1.74. The van der Waals surface area contributed by atoms with Gasteiger partial charge in [-0.1, -0.05) is 6.92 Å². The van der Waals surface area contributed by atoms with E-state index in [0.717, 1.165) is 6.42 Å². The summed E-state index contributed by atoms with van der Waals surface area (Å²) in [5.41, 5.74) is 5.17. The number of carbonyl (C=O) groups excluding carboxylic acids is 1. The van der Waals surface area contributed by atoms with Gasteiger partial charge in [0.1, 0.15) is 0 Å². The Bertz CT molecular complexity index is 229. The Hall–Kier alpha value is -0.610. The lowest BCUT2D eigenvalue weighted by atomic mass is 9.90. The molecule has 0 aliphatic carbocycles. The van der Waals surface area contributed by atoms with Gasteiger partial charge in [0, 0.05) is 13.1 Å². The minimum Gasteiger partial charge on any atom is -0.377 e. The Balaban J connectivity index is 2.72. The predicted molar refractivity (Wildman–Crippen MR) is 59.4 cm³/mol. The van der Waals surface area contributed by atoms with Gasteiger partial charge >= 0.3 is 0 Å². The first-order valence-corrected chi connectivity index (χ1v) is 5.61. The zero-order chi connectivity index (χ0) is 11.5. The molecule has 1 aliphatic heterocycles. The molecule has 1 atom stereocenters. The molecular weight excluding hydrogens is 192 g/mol. The van der Waals surface area contributed by atoms with Crippen LogP contribution in [0.5, 0.6) is 0 Å². The van der Waals surface area contributed by atoms with E-state index in [9.17, 15) is 4.79 Å². The van der Waals surface area contributed by atoms with E-state index < -0.39 is 5.41 Å². The van der Waals surface area contributed by atoms with Gasteiger partial charge in [0.15, 0.2) is 0 Å². The number of hydrogen-bond donors (Lipinski definition) is 1. The second-order valence-corrected chi connectivity index (χ2v) is 4.72. The van der Waals surface area contributed by atoms with Gasteiger partial charge in [-0.3, -0.25) is 4.79 Å². The third-order valence-corrected chi connectivity index (χ3v) is 3.05. The molecule has 4 nitrogen and oxygen atoms in total. The first-order valence-electron chi connectivity index (χ1n) is 5.61. The van der Waals surface area contributed by atoms with Crippen molar-refractivity contribution in [1.29, 1.82) is 0 Å². The molecule has 4 heteroatoms. The third kappa shape index (κ3) is 2.69. The van der Waals surface area contributed by atoms with Gasteiger partial charge in [0.05, 0.1) is 24.7 Å². The smallest absolute Gasteiger partial charge is 0.229 e. The number of ether oxygens (including phenoxy) is 1. The molecule has 1 unspecified atom stereocenters. The summed E-state index contributed by atoms with van der Waals surface area (Å²) in [5, 5.41) is 0. The summed E-state index contributed by atoms with van der Waals surface area (Å²) in [6, 6.07) is 0.220. The molecule has 1 amide bonds. The number of carbonyl (C=O) groups is 1. The first-order chi connectivity index (χ1) is 7.03. The van der Waals surface area contributed by atoms with Crippen molar-refractivity contribution in [1.82, 2.24) is 4.90 Å². The zero-order valence-electron chi connectivity index (χ0n) is 9.95. The van der Waals surface area contributed by atoms with Crippen molar-refractivity contribution in [2.24, 2.45) is 11.1 Å². The van der Waals surface area contributed by atoms with Gasteiger partial charge in [-0.05, 0) is 20.3 Å². The molecule has 0 bridgehead atoms. The van der Waals surface area contributed by atoms with Crippen LogP contribution in [-0.4, -0.2) is 43.2 Å². The average Bonchev–Trinajstić information content (AvgIpc) is 2.28. The van der Waals surface area contributed by atoms with Gasteiger partial charge in [-0.25, -0.2) is 0 Å². The van der Waals surface area contributed by atoms with Crippen LogP contribution < -0.4 is 5.73 Å². The van der Waals surface area contributed by atoms with E-state index in [2.05, 4.69) is 6.92 Å². The molecular formula is C11H22N2O2. The molecule has 88 valence electrons. The molecule has 1 rings (SSSR count). The molecule has 0 radical (unpaired) electrons. The summed E-state index contributed by atoms with van der Waals surface area (Å²) in [6.45, 7) is 8.26. The van der Waals surface area contributed by atoms with Crippen molar-refractivity contribution in [3.63, 3.8) is 0 Å². The lowest BCUT2D eigenvalue weighted by Gasteiger charge is -2.39. The van der Waals surface area contributed by atoms with E-state index in [1.807, 2.05) is 18.7 Å². The molecule has 1 heterocycles. The minimum atomic E-state index is -0.454. The first kappa shape index (κ1) is 12.5. The highest BCUT2D eigenvalue weighted by Gasteiger charge is 2.35. The van der Waals surface area contributed by atoms with Crippen LogP contribution in [0.25, 0.3) is 0 Å². The number of rotatable bonds is 3. The maximum atomic E-state index is 12.2. The topological polar surface area (TPSA) is 55.6 Å². The molecule has 0 aromatic rings. The molecule has 2 N–H and O–H groups in total. The van der Waals surface area contributed by atoms with E-state index >= 15 is 0 Å². The van der Waals surface area contributed by atoms with Gasteiger partial charge < -0.3 is 15.4 Å². The highest BCUT2D eigenvalue weighted by Crippen LogP contribution is 2.21. The lowest BCUT2D eigenvalue weighted by Crippen LogP contribution is -2.54. The molecule has 0 aromatic carbocycles. The Kier molecular flexibility index (Phi) is 4.11. The quantitative estimate of drug-likeness (QED) is 0.749. The van der Waals surface area contributed by atoms with Crippen LogP contribution >= 0.6 is 0 Å². The van der Waals surface area contributed by atoms with Crippen molar-refractivity contribution >= 4 is 5.91 Å². The molecule has 1 fully saturated rings. The number of nitrogens with zero attached hydrogens (tertiary/aromatic N) is 1. The molecule has 0 saturated carbocycles. The second-order valence-electron chi connectivity index (χ2n) is 4.72. The Labute approximate surface area is 91.8 Å². The van der Waals surface area contributed by atoms with Crippen LogP contribution in [0.2, 0.25) is 0 Å². The molecule has 15 heavy (non-hydrogen) atoms. The maximum Gasteiger partial charge on any atom is 0.229 e. The second kappa shape index (κ2) is 4.94. The molecule has 1 aliphatic rings. The zero-order valence-corrected chi connectivity index (χ0v) is 9.95. The molecule has 1 saturated heterocycles. The molecule has 0 spiro atoms. The highest BCUT2D eigenvalue weighted by atomic mass is 16.5. The van der Waals surface area contributed by atoms with Gasteiger partial charge in [-0.2, -0.15) is 0 Å².